The van der Waals surface area contributed by atoms with Crippen LogP contribution in [0.25, 0.3) is 0 Å². The molecule has 2 amide bonds. The summed E-state index contributed by atoms with van der Waals surface area (Å²) in [5, 5.41) is 5.36. The molecular formula is C19H22N2O3. The van der Waals surface area contributed by atoms with Gasteiger partial charge in [0.1, 0.15) is 5.75 Å². The lowest BCUT2D eigenvalue weighted by Gasteiger charge is -2.08. The summed E-state index contributed by atoms with van der Waals surface area (Å²) in [4.78, 5) is 23.3. The molecule has 0 fully saturated rings. The van der Waals surface area contributed by atoms with E-state index >= 15 is 0 Å². The van der Waals surface area contributed by atoms with Crippen molar-refractivity contribution in [2.45, 2.75) is 19.8 Å². The highest BCUT2D eigenvalue weighted by Gasteiger charge is 2.04. The zero-order chi connectivity index (χ0) is 17.2. The van der Waals surface area contributed by atoms with Gasteiger partial charge in [-0.3, -0.25) is 4.79 Å². The number of para-hydroxylation sites is 1. The lowest BCUT2D eigenvalue weighted by molar-refractivity contribution is -0.121. The SMILES string of the molecule is Cc1ccc(CCC(=O)NCCNC(=O)Oc2ccccc2)cc1. The Morgan fingerprint density at radius 1 is 0.917 bits per heavy atom. The van der Waals surface area contributed by atoms with Crippen LogP contribution in [0.2, 0.25) is 0 Å². The fourth-order valence-electron chi connectivity index (χ4n) is 2.10. The van der Waals surface area contributed by atoms with Gasteiger partial charge in [0.15, 0.2) is 0 Å². The van der Waals surface area contributed by atoms with E-state index < -0.39 is 6.09 Å². The van der Waals surface area contributed by atoms with Crippen molar-refractivity contribution in [3.8, 4) is 5.75 Å². The Hall–Kier alpha value is -2.82. The third kappa shape index (κ3) is 6.52. The van der Waals surface area contributed by atoms with Crippen LogP contribution in [0, 0.1) is 6.92 Å². The molecule has 2 N–H and O–H groups in total. The molecule has 0 aliphatic heterocycles. The molecule has 2 aromatic rings. The molecule has 5 heteroatoms. The van der Waals surface area contributed by atoms with Crippen LogP contribution in [-0.2, 0) is 11.2 Å². The molecule has 0 aliphatic rings. The molecule has 0 saturated heterocycles. The minimum Gasteiger partial charge on any atom is -0.410 e. The van der Waals surface area contributed by atoms with Gasteiger partial charge in [0.2, 0.25) is 5.91 Å². The van der Waals surface area contributed by atoms with Crippen LogP contribution in [0.15, 0.2) is 54.6 Å². The van der Waals surface area contributed by atoms with E-state index in [4.69, 9.17) is 4.74 Å². The first-order valence-corrected chi connectivity index (χ1v) is 7.96. The van der Waals surface area contributed by atoms with E-state index in [9.17, 15) is 9.59 Å². The van der Waals surface area contributed by atoms with E-state index in [1.807, 2.05) is 37.3 Å². The van der Waals surface area contributed by atoms with Crippen molar-refractivity contribution in [3.05, 3.63) is 65.7 Å². The van der Waals surface area contributed by atoms with Gasteiger partial charge in [-0.2, -0.15) is 0 Å². The lowest BCUT2D eigenvalue weighted by Crippen LogP contribution is -2.36. The van der Waals surface area contributed by atoms with Crippen molar-refractivity contribution >= 4 is 12.0 Å². The Kier molecular flexibility index (Phi) is 6.83. The average Bonchev–Trinajstić information content (AvgIpc) is 2.59. The van der Waals surface area contributed by atoms with Gasteiger partial charge in [-0.15, -0.1) is 0 Å². The normalized spacial score (nSPS) is 10.0. The third-order valence-corrected chi connectivity index (χ3v) is 3.43. The summed E-state index contributed by atoms with van der Waals surface area (Å²) in [6.45, 7) is 2.73. The summed E-state index contributed by atoms with van der Waals surface area (Å²) in [6, 6.07) is 17.0. The van der Waals surface area contributed by atoms with Gasteiger partial charge >= 0.3 is 6.09 Å². The van der Waals surface area contributed by atoms with Crippen LogP contribution in [-0.4, -0.2) is 25.1 Å². The van der Waals surface area contributed by atoms with Gasteiger partial charge in [-0.1, -0.05) is 48.0 Å². The van der Waals surface area contributed by atoms with E-state index in [1.54, 1.807) is 24.3 Å². The highest BCUT2D eigenvalue weighted by atomic mass is 16.6. The Labute approximate surface area is 142 Å². The molecule has 0 saturated carbocycles. The number of rotatable bonds is 7. The van der Waals surface area contributed by atoms with Crippen molar-refractivity contribution in [2.75, 3.05) is 13.1 Å². The van der Waals surface area contributed by atoms with Crippen molar-refractivity contribution in [1.29, 1.82) is 0 Å². The topological polar surface area (TPSA) is 67.4 Å². The lowest BCUT2D eigenvalue weighted by atomic mass is 10.1. The largest absolute Gasteiger partial charge is 0.412 e. The maximum Gasteiger partial charge on any atom is 0.412 e. The van der Waals surface area contributed by atoms with Crippen molar-refractivity contribution in [3.63, 3.8) is 0 Å². The van der Waals surface area contributed by atoms with Crippen LogP contribution >= 0.6 is 0 Å². The van der Waals surface area contributed by atoms with E-state index in [0.717, 1.165) is 5.56 Å². The number of carbonyl (C=O) groups excluding carboxylic acids is 2. The van der Waals surface area contributed by atoms with Gasteiger partial charge in [0.25, 0.3) is 0 Å². The van der Waals surface area contributed by atoms with Crippen molar-refractivity contribution in [1.82, 2.24) is 10.6 Å². The fourth-order valence-corrected chi connectivity index (χ4v) is 2.10. The first-order chi connectivity index (χ1) is 11.6. The molecule has 126 valence electrons. The number of ether oxygens (including phenoxy) is 1. The number of hydrogen-bond acceptors (Lipinski definition) is 3. The molecule has 0 unspecified atom stereocenters. The predicted octanol–water partition coefficient (Wildman–Crippen LogP) is 2.83. The Morgan fingerprint density at radius 3 is 2.29 bits per heavy atom. The number of carbonyl (C=O) groups is 2. The quantitative estimate of drug-likeness (QED) is 0.769. The molecule has 24 heavy (non-hydrogen) atoms. The first kappa shape index (κ1) is 17.5. The van der Waals surface area contributed by atoms with Gasteiger partial charge in [0, 0.05) is 19.5 Å². The summed E-state index contributed by atoms with van der Waals surface area (Å²) >= 11 is 0. The number of hydrogen-bond donors (Lipinski definition) is 2. The van der Waals surface area contributed by atoms with E-state index in [1.165, 1.54) is 5.56 Å². The number of amides is 2. The Balaban J connectivity index is 1.57. The standard InChI is InChI=1S/C19H22N2O3/c1-15-7-9-16(10-8-15)11-12-18(22)20-13-14-21-19(23)24-17-5-3-2-4-6-17/h2-10H,11-14H2,1H3,(H,20,22)(H,21,23). The fraction of sp³-hybridized carbons (Fsp3) is 0.263. The van der Waals surface area contributed by atoms with Crippen LogP contribution in [0.3, 0.4) is 0 Å². The van der Waals surface area contributed by atoms with Gasteiger partial charge in [0.05, 0.1) is 0 Å². The molecule has 0 atom stereocenters. The second kappa shape index (κ2) is 9.35. The summed E-state index contributed by atoms with van der Waals surface area (Å²) in [5.74, 6) is 0.450. The van der Waals surface area contributed by atoms with Crippen molar-refractivity contribution < 1.29 is 14.3 Å². The number of nitrogens with one attached hydrogen (secondary N) is 2. The molecule has 0 spiro atoms. The van der Waals surface area contributed by atoms with Crippen LogP contribution in [0.1, 0.15) is 17.5 Å². The van der Waals surface area contributed by atoms with Gasteiger partial charge in [-0.25, -0.2) is 4.79 Å². The number of aryl methyl sites for hydroxylation is 2. The van der Waals surface area contributed by atoms with E-state index in [2.05, 4.69) is 10.6 Å². The predicted molar refractivity (Wildman–Crippen MR) is 93.0 cm³/mol. The van der Waals surface area contributed by atoms with Crippen LogP contribution in [0.4, 0.5) is 4.79 Å². The molecule has 2 rings (SSSR count). The second-order valence-corrected chi connectivity index (χ2v) is 5.46. The maximum absolute atomic E-state index is 11.8. The van der Waals surface area contributed by atoms with Gasteiger partial charge in [-0.05, 0) is 31.0 Å². The van der Waals surface area contributed by atoms with E-state index in [0.29, 0.717) is 31.7 Å². The minimum atomic E-state index is -0.532. The maximum atomic E-state index is 11.8. The molecule has 0 bridgehead atoms. The molecule has 0 aliphatic carbocycles. The summed E-state index contributed by atoms with van der Waals surface area (Å²) in [5.41, 5.74) is 2.34. The Morgan fingerprint density at radius 2 is 1.58 bits per heavy atom. The summed E-state index contributed by atoms with van der Waals surface area (Å²) in [7, 11) is 0. The minimum absolute atomic E-state index is 0.0335. The second-order valence-electron chi connectivity index (χ2n) is 5.46. The van der Waals surface area contributed by atoms with Gasteiger partial charge < -0.3 is 15.4 Å². The Bertz CT molecular complexity index is 654. The smallest absolute Gasteiger partial charge is 0.410 e. The highest BCUT2D eigenvalue weighted by molar-refractivity contribution is 5.76. The molecule has 0 aromatic heterocycles. The molecule has 0 radical (unpaired) electrons. The summed E-state index contributed by atoms with van der Waals surface area (Å²) < 4.78 is 5.07. The van der Waals surface area contributed by atoms with Crippen LogP contribution in [0.5, 0.6) is 5.75 Å². The highest BCUT2D eigenvalue weighted by Crippen LogP contribution is 2.08. The monoisotopic (exact) mass is 326 g/mol. The molecular weight excluding hydrogens is 304 g/mol. The third-order valence-electron chi connectivity index (χ3n) is 3.43. The molecule has 0 heterocycles. The zero-order valence-electron chi connectivity index (χ0n) is 13.7. The molecule has 5 nitrogen and oxygen atoms in total. The average molecular weight is 326 g/mol. The zero-order valence-corrected chi connectivity index (χ0v) is 13.7. The number of benzene rings is 2. The van der Waals surface area contributed by atoms with Crippen molar-refractivity contribution in [2.24, 2.45) is 0 Å². The molecule has 2 aromatic carbocycles. The van der Waals surface area contributed by atoms with Crippen LogP contribution < -0.4 is 15.4 Å². The first-order valence-electron chi connectivity index (χ1n) is 7.96. The van der Waals surface area contributed by atoms with E-state index in [-0.39, 0.29) is 5.91 Å². The summed E-state index contributed by atoms with van der Waals surface area (Å²) in [6.07, 6.45) is 0.600.